The highest BCUT2D eigenvalue weighted by Crippen LogP contribution is 2.29. The molecular formula is C12H14N2. The summed E-state index contributed by atoms with van der Waals surface area (Å²) >= 11 is 0. The second kappa shape index (κ2) is 3.14. The summed E-state index contributed by atoms with van der Waals surface area (Å²) in [5.74, 6) is 0. The van der Waals surface area contributed by atoms with Gasteiger partial charge < -0.3 is 10.3 Å². The Morgan fingerprint density at radius 3 is 3.00 bits per heavy atom. The Balaban J connectivity index is 2.11. The van der Waals surface area contributed by atoms with Gasteiger partial charge in [-0.3, -0.25) is 0 Å². The average Bonchev–Trinajstić information content (AvgIpc) is 2.85. The van der Waals surface area contributed by atoms with Gasteiger partial charge in [-0.2, -0.15) is 0 Å². The van der Waals surface area contributed by atoms with Crippen molar-refractivity contribution in [3.8, 4) is 0 Å². The van der Waals surface area contributed by atoms with E-state index in [0.717, 1.165) is 6.54 Å². The number of hydrogen-bond donors (Lipinski definition) is 2. The fourth-order valence-corrected chi connectivity index (χ4v) is 2.33. The Morgan fingerprint density at radius 2 is 2.14 bits per heavy atom. The van der Waals surface area contributed by atoms with Crippen molar-refractivity contribution in [1.82, 2.24) is 10.3 Å². The Bertz CT molecular complexity index is 438. The highest BCUT2D eigenvalue weighted by molar-refractivity contribution is 5.83. The van der Waals surface area contributed by atoms with E-state index in [1.54, 1.807) is 0 Å². The number of rotatable bonds is 1. The van der Waals surface area contributed by atoms with E-state index in [1.807, 2.05) is 0 Å². The van der Waals surface area contributed by atoms with E-state index < -0.39 is 0 Å². The van der Waals surface area contributed by atoms with Gasteiger partial charge in [-0.15, -0.1) is 0 Å². The van der Waals surface area contributed by atoms with Crippen LogP contribution in [-0.4, -0.2) is 11.5 Å². The van der Waals surface area contributed by atoms with Crippen LogP contribution in [-0.2, 0) is 0 Å². The lowest BCUT2D eigenvalue weighted by Crippen LogP contribution is -2.12. The van der Waals surface area contributed by atoms with E-state index in [-0.39, 0.29) is 0 Å². The lowest BCUT2D eigenvalue weighted by molar-refractivity contribution is 0.652. The van der Waals surface area contributed by atoms with Crippen LogP contribution in [0.3, 0.4) is 0 Å². The molecule has 1 aromatic heterocycles. The van der Waals surface area contributed by atoms with Crippen LogP contribution in [0, 0.1) is 0 Å². The van der Waals surface area contributed by atoms with Crippen LogP contribution >= 0.6 is 0 Å². The summed E-state index contributed by atoms with van der Waals surface area (Å²) < 4.78 is 0. The van der Waals surface area contributed by atoms with Crippen LogP contribution in [0.5, 0.6) is 0 Å². The zero-order valence-corrected chi connectivity index (χ0v) is 8.09. The summed E-state index contributed by atoms with van der Waals surface area (Å²) in [6.45, 7) is 1.16. The molecule has 2 N–H and O–H groups in total. The number of benzene rings is 1. The predicted octanol–water partition coefficient (Wildman–Crippen LogP) is 2.59. The van der Waals surface area contributed by atoms with Crippen molar-refractivity contribution in [3.63, 3.8) is 0 Å². The molecular weight excluding hydrogens is 172 g/mol. The van der Waals surface area contributed by atoms with E-state index in [1.165, 1.54) is 29.3 Å². The standard InChI is InChI=1S/C12H14N2/c1-2-5-11-9(4-1)10(8-14-11)12-6-3-7-13-12/h1-2,4-5,8,12-14H,3,6-7H2/t12-/m1/s1. The first-order chi connectivity index (χ1) is 6.95. The van der Waals surface area contributed by atoms with Crippen LogP contribution in [0.15, 0.2) is 30.5 Å². The number of para-hydroxylation sites is 1. The van der Waals surface area contributed by atoms with Crippen molar-refractivity contribution < 1.29 is 0 Å². The van der Waals surface area contributed by atoms with Crippen LogP contribution in [0.25, 0.3) is 10.9 Å². The predicted molar refractivity (Wildman–Crippen MR) is 58.3 cm³/mol. The van der Waals surface area contributed by atoms with Crippen molar-refractivity contribution in [3.05, 3.63) is 36.0 Å². The molecule has 1 atom stereocenters. The Hall–Kier alpha value is -1.28. The fraction of sp³-hybridized carbons (Fsp3) is 0.333. The van der Waals surface area contributed by atoms with Crippen molar-refractivity contribution >= 4 is 10.9 Å². The molecule has 72 valence electrons. The topological polar surface area (TPSA) is 27.8 Å². The zero-order chi connectivity index (χ0) is 9.38. The van der Waals surface area contributed by atoms with E-state index in [0.29, 0.717) is 6.04 Å². The van der Waals surface area contributed by atoms with E-state index in [9.17, 15) is 0 Å². The maximum atomic E-state index is 3.53. The van der Waals surface area contributed by atoms with Gasteiger partial charge in [0.2, 0.25) is 0 Å². The molecule has 0 saturated carbocycles. The highest BCUT2D eigenvalue weighted by atomic mass is 14.9. The summed E-state index contributed by atoms with van der Waals surface area (Å²) in [6, 6.07) is 9.07. The first-order valence-corrected chi connectivity index (χ1v) is 5.24. The molecule has 0 spiro atoms. The maximum Gasteiger partial charge on any atom is 0.0457 e. The van der Waals surface area contributed by atoms with E-state index in [4.69, 9.17) is 0 Å². The minimum absolute atomic E-state index is 0.561. The van der Waals surface area contributed by atoms with Crippen molar-refractivity contribution in [2.24, 2.45) is 0 Å². The zero-order valence-electron chi connectivity index (χ0n) is 8.09. The maximum absolute atomic E-state index is 3.53. The van der Waals surface area contributed by atoms with Crippen LogP contribution < -0.4 is 5.32 Å². The van der Waals surface area contributed by atoms with E-state index >= 15 is 0 Å². The molecule has 2 heteroatoms. The Labute approximate surface area is 83.3 Å². The van der Waals surface area contributed by atoms with Gasteiger partial charge in [0.1, 0.15) is 0 Å². The first kappa shape index (κ1) is 8.06. The van der Waals surface area contributed by atoms with Crippen LogP contribution in [0.2, 0.25) is 0 Å². The van der Waals surface area contributed by atoms with Gasteiger partial charge in [0.05, 0.1) is 0 Å². The molecule has 1 saturated heterocycles. The number of aromatic nitrogens is 1. The molecule has 2 aromatic rings. The Kier molecular flexibility index (Phi) is 1.81. The van der Waals surface area contributed by atoms with Gasteiger partial charge in [-0.1, -0.05) is 18.2 Å². The summed E-state index contributed by atoms with van der Waals surface area (Å²) in [6.07, 6.45) is 4.71. The van der Waals surface area contributed by atoms with Crippen molar-refractivity contribution in [1.29, 1.82) is 0 Å². The van der Waals surface area contributed by atoms with Crippen molar-refractivity contribution in [2.75, 3.05) is 6.54 Å². The lowest BCUT2D eigenvalue weighted by atomic mass is 10.0. The van der Waals surface area contributed by atoms with Gasteiger partial charge in [0.25, 0.3) is 0 Å². The number of aromatic amines is 1. The molecule has 2 heterocycles. The van der Waals surface area contributed by atoms with Gasteiger partial charge in [0, 0.05) is 23.1 Å². The normalized spacial score (nSPS) is 21.9. The molecule has 3 rings (SSSR count). The molecule has 0 bridgehead atoms. The molecule has 0 radical (unpaired) electrons. The van der Waals surface area contributed by atoms with Gasteiger partial charge in [-0.25, -0.2) is 0 Å². The fourth-order valence-electron chi connectivity index (χ4n) is 2.33. The molecule has 0 amide bonds. The molecule has 2 nitrogen and oxygen atoms in total. The molecule has 1 aliphatic rings. The first-order valence-electron chi connectivity index (χ1n) is 5.24. The van der Waals surface area contributed by atoms with Crippen LogP contribution in [0.1, 0.15) is 24.4 Å². The minimum Gasteiger partial charge on any atom is -0.361 e. The smallest absolute Gasteiger partial charge is 0.0457 e. The van der Waals surface area contributed by atoms with Gasteiger partial charge in [-0.05, 0) is 31.0 Å². The molecule has 1 aromatic carbocycles. The Morgan fingerprint density at radius 1 is 1.21 bits per heavy atom. The lowest BCUT2D eigenvalue weighted by Gasteiger charge is -2.07. The second-order valence-electron chi connectivity index (χ2n) is 3.94. The SMILES string of the molecule is c1ccc2c([C@H]3CCCN3)c[nH]c2c1. The van der Waals surface area contributed by atoms with Gasteiger partial charge in [0.15, 0.2) is 0 Å². The number of H-pyrrole nitrogens is 1. The van der Waals surface area contributed by atoms with Crippen molar-refractivity contribution in [2.45, 2.75) is 18.9 Å². The molecule has 1 aliphatic heterocycles. The molecule has 14 heavy (non-hydrogen) atoms. The molecule has 0 unspecified atom stereocenters. The number of nitrogens with one attached hydrogen (secondary N) is 2. The number of hydrogen-bond acceptors (Lipinski definition) is 1. The summed E-state index contributed by atoms with van der Waals surface area (Å²) in [5.41, 5.74) is 2.68. The third kappa shape index (κ3) is 1.15. The highest BCUT2D eigenvalue weighted by Gasteiger charge is 2.18. The van der Waals surface area contributed by atoms with Gasteiger partial charge >= 0.3 is 0 Å². The molecule has 1 fully saturated rings. The summed E-state index contributed by atoms with van der Waals surface area (Å²) in [7, 11) is 0. The average molecular weight is 186 g/mol. The summed E-state index contributed by atoms with van der Waals surface area (Å²) in [5, 5.41) is 4.90. The minimum atomic E-state index is 0.561. The monoisotopic (exact) mass is 186 g/mol. The third-order valence-corrected chi connectivity index (χ3v) is 3.06. The molecule has 0 aliphatic carbocycles. The largest absolute Gasteiger partial charge is 0.361 e. The van der Waals surface area contributed by atoms with Crippen LogP contribution in [0.4, 0.5) is 0 Å². The number of fused-ring (bicyclic) bond motifs is 1. The third-order valence-electron chi connectivity index (χ3n) is 3.06. The quantitative estimate of drug-likeness (QED) is 0.704. The summed E-state index contributed by atoms with van der Waals surface area (Å²) in [4.78, 5) is 3.33. The second-order valence-corrected chi connectivity index (χ2v) is 3.94. The van der Waals surface area contributed by atoms with E-state index in [2.05, 4.69) is 40.8 Å².